The van der Waals surface area contributed by atoms with Crippen molar-refractivity contribution in [1.29, 1.82) is 0 Å². The van der Waals surface area contributed by atoms with E-state index >= 15 is 0 Å². The van der Waals surface area contributed by atoms with E-state index in [2.05, 4.69) is 4.90 Å². The van der Waals surface area contributed by atoms with Crippen molar-refractivity contribution in [3.63, 3.8) is 0 Å². The molecule has 1 rings (SSSR count). The number of aromatic hydroxyl groups is 1. The van der Waals surface area contributed by atoms with Gasteiger partial charge in [-0.3, -0.25) is 0 Å². The smallest absolute Gasteiger partial charge is 0.200 e. The van der Waals surface area contributed by atoms with Crippen molar-refractivity contribution in [3.05, 3.63) is 17.7 Å². The topological polar surface area (TPSA) is 41.9 Å². The van der Waals surface area contributed by atoms with Crippen LogP contribution in [-0.2, 0) is 6.42 Å². The second kappa shape index (κ2) is 5.61. The van der Waals surface area contributed by atoms with Crippen molar-refractivity contribution in [2.45, 2.75) is 6.42 Å². The van der Waals surface area contributed by atoms with E-state index < -0.39 is 0 Å². The maximum atomic E-state index is 9.73. The molecule has 1 N–H and O–H groups in total. The molecule has 0 radical (unpaired) electrons. The van der Waals surface area contributed by atoms with Gasteiger partial charge in [0.2, 0.25) is 5.75 Å². The van der Waals surface area contributed by atoms with Crippen molar-refractivity contribution < 1.29 is 14.6 Å². The monoisotopic (exact) mass is 225 g/mol. The summed E-state index contributed by atoms with van der Waals surface area (Å²) in [6, 6.07) is 3.67. The van der Waals surface area contributed by atoms with Gasteiger partial charge < -0.3 is 19.5 Å². The zero-order valence-electron chi connectivity index (χ0n) is 10.3. The molecule has 1 aromatic carbocycles. The molecule has 0 aliphatic carbocycles. The van der Waals surface area contributed by atoms with E-state index in [9.17, 15) is 5.11 Å². The zero-order valence-corrected chi connectivity index (χ0v) is 10.3. The molecule has 0 heterocycles. The lowest BCUT2D eigenvalue weighted by molar-refractivity contribution is 0.338. The standard InChI is InChI=1S/C12H19NO3/c1-13(2)6-5-9-7-10(15-3)12(14)11(8-9)16-4/h7-8,14H,5-6H2,1-4H3. The van der Waals surface area contributed by atoms with Crippen LogP contribution >= 0.6 is 0 Å². The summed E-state index contributed by atoms with van der Waals surface area (Å²) >= 11 is 0. The van der Waals surface area contributed by atoms with Crippen LogP contribution in [0.25, 0.3) is 0 Å². The minimum Gasteiger partial charge on any atom is -0.502 e. The van der Waals surface area contributed by atoms with Crippen LogP contribution in [-0.4, -0.2) is 44.9 Å². The van der Waals surface area contributed by atoms with Crippen LogP contribution in [0.5, 0.6) is 17.2 Å². The first-order valence-electron chi connectivity index (χ1n) is 5.17. The highest BCUT2D eigenvalue weighted by Crippen LogP contribution is 2.37. The summed E-state index contributed by atoms with van der Waals surface area (Å²) < 4.78 is 10.2. The van der Waals surface area contributed by atoms with Gasteiger partial charge in [0.25, 0.3) is 0 Å². The van der Waals surface area contributed by atoms with Crippen LogP contribution in [0.4, 0.5) is 0 Å². The average Bonchev–Trinajstić information content (AvgIpc) is 2.27. The molecule has 4 nitrogen and oxygen atoms in total. The van der Waals surface area contributed by atoms with Crippen LogP contribution in [0.3, 0.4) is 0 Å². The molecule has 90 valence electrons. The molecule has 0 bridgehead atoms. The SMILES string of the molecule is COc1cc(CCN(C)C)cc(OC)c1O. The van der Waals surface area contributed by atoms with Gasteiger partial charge in [-0.2, -0.15) is 0 Å². The van der Waals surface area contributed by atoms with E-state index in [-0.39, 0.29) is 5.75 Å². The Hall–Kier alpha value is -1.42. The fourth-order valence-corrected chi connectivity index (χ4v) is 1.44. The van der Waals surface area contributed by atoms with Gasteiger partial charge in [0.05, 0.1) is 14.2 Å². The van der Waals surface area contributed by atoms with Gasteiger partial charge in [0.1, 0.15) is 0 Å². The highest BCUT2D eigenvalue weighted by Gasteiger charge is 2.10. The van der Waals surface area contributed by atoms with Crippen LogP contribution in [0.1, 0.15) is 5.56 Å². The maximum Gasteiger partial charge on any atom is 0.200 e. The number of methoxy groups -OCH3 is 2. The Kier molecular flexibility index (Phi) is 4.43. The van der Waals surface area contributed by atoms with Crippen LogP contribution in [0.2, 0.25) is 0 Å². The quantitative estimate of drug-likeness (QED) is 0.825. The third kappa shape index (κ3) is 3.03. The summed E-state index contributed by atoms with van der Waals surface area (Å²) in [6.45, 7) is 0.942. The number of likely N-dealkylation sites (N-methyl/N-ethyl adjacent to an activating group) is 1. The number of rotatable bonds is 5. The fourth-order valence-electron chi connectivity index (χ4n) is 1.44. The maximum absolute atomic E-state index is 9.73. The summed E-state index contributed by atoms with van der Waals surface area (Å²) in [5.74, 6) is 0.958. The minimum absolute atomic E-state index is 0.0543. The van der Waals surface area contributed by atoms with Crippen LogP contribution in [0, 0.1) is 0 Å². The summed E-state index contributed by atoms with van der Waals surface area (Å²) in [5, 5.41) is 9.73. The molecule has 0 spiro atoms. The number of benzene rings is 1. The van der Waals surface area contributed by atoms with Crippen molar-refractivity contribution in [2.24, 2.45) is 0 Å². The normalized spacial score (nSPS) is 10.6. The molecule has 0 aliphatic rings. The molecular formula is C12H19NO3. The zero-order chi connectivity index (χ0) is 12.1. The van der Waals surface area contributed by atoms with E-state index in [4.69, 9.17) is 9.47 Å². The number of phenols is 1. The van der Waals surface area contributed by atoms with E-state index in [0.29, 0.717) is 11.5 Å². The number of phenolic OH excluding ortho intramolecular Hbond substituents is 1. The Bertz CT molecular complexity index is 325. The van der Waals surface area contributed by atoms with Crippen molar-refractivity contribution >= 4 is 0 Å². The van der Waals surface area contributed by atoms with Crippen LogP contribution < -0.4 is 9.47 Å². The van der Waals surface area contributed by atoms with Gasteiger partial charge in [-0.25, -0.2) is 0 Å². The highest BCUT2D eigenvalue weighted by molar-refractivity contribution is 5.52. The van der Waals surface area contributed by atoms with E-state index in [1.165, 1.54) is 14.2 Å². The molecule has 0 aliphatic heterocycles. The van der Waals surface area contributed by atoms with Crippen molar-refractivity contribution in [3.8, 4) is 17.2 Å². The van der Waals surface area contributed by atoms with Crippen LogP contribution in [0.15, 0.2) is 12.1 Å². The molecule has 0 atom stereocenters. The van der Waals surface area contributed by atoms with E-state index in [1.54, 1.807) is 0 Å². The van der Waals surface area contributed by atoms with Crippen molar-refractivity contribution in [2.75, 3.05) is 34.9 Å². The Morgan fingerprint density at radius 1 is 1.12 bits per heavy atom. The average molecular weight is 225 g/mol. The second-order valence-electron chi connectivity index (χ2n) is 3.90. The number of nitrogens with zero attached hydrogens (tertiary/aromatic N) is 1. The second-order valence-corrected chi connectivity index (χ2v) is 3.90. The Balaban J connectivity index is 2.93. The van der Waals surface area contributed by atoms with E-state index in [1.807, 2.05) is 26.2 Å². The fraction of sp³-hybridized carbons (Fsp3) is 0.500. The third-order valence-corrected chi connectivity index (χ3v) is 2.39. The van der Waals surface area contributed by atoms with Gasteiger partial charge in [-0.1, -0.05) is 0 Å². The van der Waals surface area contributed by atoms with E-state index in [0.717, 1.165) is 18.5 Å². The number of hydrogen-bond donors (Lipinski definition) is 1. The van der Waals surface area contributed by atoms with Gasteiger partial charge in [-0.15, -0.1) is 0 Å². The third-order valence-electron chi connectivity index (χ3n) is 2.39. The molecule has 4 heteroatoms. The molecule has 1 aromatic rings. The molecule has 0 saturated heterocycles. The number of ether oxygens (including phenoxy) is 2. The number of hydrogen-bond acceptors (Lipinski definition) is 4. The Morgan fingerprint density at radius 3 is 2.00 bits per heavy atom. The largest absolute Gasteiger partial charge is 0.502 e. The predicted octanol–water partition coefficient (Wildman–Crippen LogP) is 1.51. The molecule has 0 amide bonds. The molecule has 0 saturated carbocycles. The van der Waals surface area contributed by atoms with Crippen molar-refractivity contribution in [1.82, 2.24) is 4.90 Å². The molecule has 0 unspecified atom stereocenters. The predicted molar refractivity (Wildman–Crippen MR) is 63.5 cm³/mol. The molecular weight excluding hydrogens is 206 g/mol. The summed E-state index contributed by atoms with van der Waals surface area (Å²) in [5.41, 5.74) is 1.08. The Labute approximate surface area is 96.4 Å². The van der Waals surface area contributed by atoms with Gasteiger partial charge in [0, 0.05) is 6.54 Å². The molecule has 0 aromatic heterocycles. The first-order chi connectivity index (χ1) is 7.58. The highest BCUT2D eigenvalue weighted by atomic mass is 16.5. The van der Waals surface area contributed by atoms with Gasteiger partial charge >= 0.3 is 0 Å². The summed E-state index contributed by atoms with van der Waals surface area (Å²) in [7, 11) is 7.11. The Morgan fingerprint density at radius 2 is 1.62 bits per heavy atom. The minimum atomic E-state index is 0.0543. The lowest BCUT2D eigenvalue weighted by Gasteiger charge is -2.13. The molecule has 16 heavy (non-hydrogen) atoms. The first-order valence-corrected chi connectivity index (χ1v) is 5.17. The lowest BCUT2D eigenvalue weighted by Crippen LogP contribution is -2.15. The van der Waals surface area contributed by atoms with Gasteiger partial charge in [-0.05, 0) is 38.2 Å². The molecule has 0 fully saturated rings. The summed E-state index contributed by atoms with van der Waals surface area (Å²) in [6.07, 6.45) is 0.889. The lowest BCUT2D eigenvalue weighted by atomic mass is 10.1. The van der Waals surface area contributed by atoms with Gasteiger partial charge in [0.15, 0.2) is 11.5 Å². The first kappa shape index (κ1) is 12.6. The summed E-state index contributed by atoms with van der Waals surface area (Å²) in [4.78, 5) is 2.10.